The van der Waals surface area contributed by atoms with Crippen molar-refractivity contribution in [1.29, 1.82) is 0 Å². The third kappa shape index (κ3) is 3.12. The maximum atomic E-state index is 13.0. The number of halogens is 1. The number of benzene rings is 1. The van der Waals surface area contributed by atoms with Gasteiger partial charge in [-0.15, -0.1) is 0 Å². The van der Waals surface area contributed by atoms with E-state index in [0.717, 1.165) is 23.9 Å². The molecular weight excluding hydrogens is 335 g/mol. The number of rotatable bonds is 3. The summed E-state index contributed by atoms with van der Waals surface area (Å²) < 4.78 is 14.7. The molecule has 1 aromatic carbocycles. The summed E-state index contributed by atoms with van der Waals surface area (Å²) in [7, 11) is 0. The molecule has 0 aliphatic carbocycles. The van der Waals surface area contributed by atoms with Crippen LogP contribution in [0.5, 0.6) is 0 Å². The number of fused-ring (bicyclic) bond motifs is 1. The Labute approximate surface area is 149 Å². The van der Waals surface area contributed by atoms with Gasteiger partial charge in [0.25, 0.3) is 0 Å². The van der Waals surface area contributed by atoms with Gasteiger partial charge in [-0.25, -0.2) is 14.2 Å². The van der Waals surface area contributed by atoms with E-state index in [1.54, 1.807) is 33.9 Å². The Morgan fingerprint density at radius 3 is 2.88 bits per heavy atom. The first kappa shape index (κ1) is 16.5. The van der Waals surface area contributed by atoms with Crippen LogP contribution in [0.2, 0.25) is 0 Å². The fourth-order valence-electron chi connectivity index (χ4n) is 3.60. The van der Waals surface area contributed by atoms with Crippen LogP contribution < -0.4 is 5.69 Å². The predicted molar refractivity (Wildman–Crippen MR) is 95.3 cm³/mol. The molecule has 3 aromatic rings. The molecule has 1 amide bonds. The van der Waals surface area contributed by atoms with E-state index in [2.05, 4.69) is 9.97 Å². The zero-order valence-corrected chi connectivity index (χ0v) is 14.2. The summed E-state index contributed by atoms with van der Waals surface area (Å²) in [5.74, 6) is -0.320. The van der Waals surface area contributed by atoms with Gasteiger partial charge < -0.3 is 4.90 Å². The molecule has 6 nitrogen and oxygen atoms in total. The number of nitrogens with zero attached hydrogens (tertiary/aromatic N) is 3. The van der Waals surface area contributed by atoms with Crippen molar-refractivity contribution in [2.24, 2.45) is 0 Å². The van der Waals surface area contributed by atoms with Crippen LogP contribution in [0, 0.1) is 5.82 Å². The third-order valence-electron chi connectivity index (χ3n) is 4.87. The molecule has 1 fully saturated rings. The van der Waals surface area contributed by atoms with Crippen molar-refractivity contribution in [1.82, 2.24) is 19.4 Å². The van der Waals surface area contributed by atoms with Crippen molar-refractivity contribution in [3.05, 3.63) is 64.5 Å². The molecule has 1 atom stereocenters. The lowest BCUT2D eigenvalue weighted by molar-refractivity contribution is -0.132. The fourth-order valence-corrected chi connectivity index (χ4v) is 3.60. The highest BCUT2D eigenvalue weighted by Gasteiger charge is 2.27. The molecule has 7 heteroatoms. The molecule has 1 saturated heterocycles. The van der Waals surface area contributed by atoms with Gasteiger partial charge in [-0.05, 0) is 42.7 Å². The van der Waals surface area contributed by atoms with Crippen molar-refractivity contribution < 1.29 is 9.18 Å². The number of H-pyrrole nitrogens is 1. The summed E-state index contributed by atoms with van der Waals surface area (Å²) in [6.07, 6.45) is 3.54. The van der Waals surface area contributed by atoms with Gasteiger partial charge >= 0.3 is 5.69 Å². The molecule has 26 heavy (non-hydrogen) atoms. The van der Waals surface area contributed by atoms with Crippen LogP contribution in [0.25, 0.3) is 11.2 Å². The van der Waals surface area contributed by atoms with Crippen molar-refractivity contribution in [3.8, 4) is 0 Å². The molecule has 0 radical (unpaired) electrons. The quantitative estimate of drug-likeness (QED) is 0.784. The Bertz CT molecular complexity index is 993. The number of hydrogen-bond acceptors (Lipinski definition) is 3. The first-order valence-corrected chi connectivity index (χ1v) is 8.69. The lowest BCUT2D eigenvalue weighted by Crippen LogP contribution is -2.43. The molecule has 2 aromatic heterocycles. The molecule has 3 heterocycles. The Balaban J connectivity index is 1.53. The predicted octanol–water partition coefficient (Wildman–Crippen LogP) is 2.27. The van der Waals surface area contributed by atoms with Crippen molar-refractivity contribution in [3.63, 3.8) is 0 Å². The van der Waals surface area contributed by atoms with Crippen LogP contribution in [0.3, 0.4) is 0 Å². The minimum Gasteiger partial charge on any atom is -0.340 e. The molecule has 0 spiro atoms. The molecule has 1 aliphatic heterocycles. The minimum absolute atomic E-state index is 0.00711. The molecule has 134 valence electrons. The average molecular weight is 354 g/mol. The normalized spacial score (nSPS) is 17.6. The molecule has 0 bridgehead atoms. The fraction of sp³-hybridized carbons (Fsp3) is 0.316. The Morgan fingerprint density at radius 1 is 1.27 bits per heavy atom. The Hall–Kier alpha value is -2.96. The second kappa shape index (κ2) is 6.74. The van der Waals surface area contributed by atoms with Gasteiger partial charge in [-0.2, -0.15) is 0 Å². The SMILES string of the molecule is O=C(Cc1ccc(F)cc1)N1CCCC(n2c(=O)[nH]c3ncccc32)C1. The van der Waals surface area contributed by atoms with Gasteiger partial charge in [0.1, 0.15) is 5.82 Å². The summed E-state index contributed by atoms with van der Waals surface area (Å²) >= 11 is 0. The van der Waals surface area contributed by atoms with Gasteiger partial charge in [-0.3, -0.25) is 14.3 Å². The van der Waals surface area contributed by atoms with E-state index in [1.807, 2.05) is 6.07 Å². The number of imidazole rings is 1. The van der Waals surface area contributed by atoms with E-state index in [1.165, 1.54) is 12.1 Å². The van der Waals surface area contributed by atoms with Crippen LogP contribution in [0.1, 0.15) is 24.4 Å². The van der Waals surface area contributed by atoms with Gasteiger partial charge in [0, 0.05) is 19.3 Å². The first-order chi connectivity index (χ1) is 12.6. The number of hydrogen-bond donors (Lipinski definition) is 1. The van der Waals surface area contributed by atoms with Crippen molar-refractivity contribution in [2.45, 2.75) is 25.3 Å². The summed E-state index contributed by atoms with van der Waals surface area (Å²) in [5, 5.41) is 0. The molecule has 1 N–H and O–H groups in total. The van der Waals surface area contributed by atoms with Gasteiger partial charge in [0.05, 0.1) is 18.0 Å². The molecule has 4 rings (SSSR count). The largest absolute Gasteiger partial charge is 0.340 e. The second-order valence-electron chi connectivity index (χ2n) is 6.61. The maximum absolute atomic E-state index is 13.0. The van der Waals surface area contributed by atoms with Gasteiger partial charge in [0.2, 0.25) is 5.91 Å². The maximum Gasteiger partial charge on any atom is 0.327 e. The zero-order valence-electron chi connectivity index (χ0n) is 14.2. The number of carbonyl (C=O) groups excluding carboxylic acids is 1. The van der Waals surface area contributed by atoms with Crippen LogP contribution in [0.15, 0.2) is 47.4 Å². The summed E-state index contributed by atoms with van der Waals surface area (Å²) in [5.41, 5.74) is 1.91. The first-order valence-electron chi connectivity index (χ1n) is 8.69. The number of aromatic nitrogens is 3. The van der Waals surface area contributed by atoms with E-state index < -0.39 is 0 Å². The Morgan fingerprint density at radius 2 is 2.08 bits per heavy atom. The van der Waals surface area contributed by atoms with E-state index in [9.17, 15) is 14.0 Å². The minimum atomic E-state index is -0.313. The van der Waals surface area contributed by atoms with E-state index >= 15 is 0 Å². The monoisotopic (exact) mass is 354 g/mol. The number of piperidine rings is 1. The van der Waals surface area contributed by atoms with Gasteiger partial charge in [0.15, 0.2) is 5.65 Å². The summed E-state index contributed by atoms with van der Waals surface area (Å²) in [6, 6.07) is 9.56. The zero-order chi connectivity index (χ0) is 18.1. The van der Waals surface area contributed by atoms with Crippen LogP contribution in [-0.2, 0) is 11.2 Å². The van der Waals surface area contributed by atoms with E-state index in [4.69, 9.17) is 0 Å². The number of pyridine rings is 1. The van der Waals surface area contributed by atoms with Crippen LogP contribution in [-0.4, -0.2) is 38.4 Å². The van der Waals surface area contributed by atoms with Crippen LogP contribution in [0.4, 0.5) is 4.39 Å². The summed E-state index contributed by atoms with van der Waals surface area (Å²) in [6.45, 7) is 1.16. The lowest BCUT2D eigenvalue weighted by Gasteiger charge is -2.33. The highest BCUT2D eigenvalue weighted by atomic mass is 19.1. The molecule has 0 saturated carbocycles. The number of likely N-dealkylation sites (tertiary alicyclic amines) is 1. The average Bonchev–Trinajstić information content (AvgIpc) is 2.99. The molecular formula is C19H19FN4O2. The smallest absolute Gasteiger partial charge is 0.327 e. The molecule has 1 unspecified atom stereocenters. The Kier molecular flexibility index (Phi) is 4.28. The topological polar surface area (TPSA) is 71.0 Å². The van der Waals surface area contributed by atoms with Gasteiger partial charge in [-0.1, -0.05) is 12.1 Å². The molecule has 1 aliphatic rings. The highest BCUT2D eigenvalue weighted by Crippen LogP contribution is 2.24. The number of amides is 1. The van der Waals surface area contributed by atoms with Crippen molar-refractivity contribution >= 4 is 17.1 Å². The highest BCUT2D eigenvalue weighted by molar-refractivity contribution is 5.79. The number of aromatic amines is 1. The van der Waals surface area contributed by atoms with Crippen molar-refractivity contribution in [2.75, 3.05) is 13.1 Å². The lowest BCUT2D eigenvalue weighted by atomic mass is 10.0. The number of nitrogens with one attached hydrogen (secondary N) is 1. The number of carbonyl (C=O) groups is 1. The van der Waals surface area contributed by atoms with Crippen LogP contribution >= 0.6 is 0 Å². The summed E-state index contributed by atoms with van der Waals surface area (Å²) in [4.78, 5) is 33.8. The van der Waals surface area contributed by atoms with E-state index in [-0.39, 0.29) is 29.9 Å². The standard InChI is InChI=1S/C19H19FN4O2/c20-14-7-5-13(6-8-14)11-17(25)23-10-2-3-15(12-23)24-16-4-1-9-21-18(16)22-19(24)26/h1,4-9,15H,2-3,10-12H2,(H,21,22,26). The third-order valence-corrected chi connectivity index (χ3v) is 4.87. The second-order valence-corrected chi connectivity index (χ2v) is 6.61. The van der Waals surface area contributed by atoms with E-state index in [0.29, 0.717) is 18.7 Å².